The van der Waals surface area contributed by atoms with Crippen molar-refractivity contribution in [3.63, 3.8) is 0 Å². The Balaban J connectivity index is 2.08. The fourth-order valence-electron chi connectivity index (χ4n) is 2.18. The molecule has 19 heavy (non-hydrogen) atoms. The van der Waals surface area contributed by atoms with Gasteiger partial charge in [0.1, 0.15) is 0 Å². The highest BCUT2D eigenvalue weighted by Gasteiger charge is 2.03. The molecule has 0 radical (unpaired) electrons. The van der Waals surface area contributed by atoms with Crippen LogP contribution in [-0.2, 0) is 12.3 Å². The van der Waals surface area contributed by atoms with Crippen molar-refractivity contribution in [1.29, 1.82) is 0 Å². The maximum Gasteiger partial charge on any atom is 0.0237 e. The fourth-order valence-corrected chi connectivity index (χ4v) is 3.36. The first-order valence-electron chi connectivity index (χ1n) is 6.62. The average Bonchev–Trinajstić information content (AvgIpc) is 2.39. The van der Waals surface area contributed by atoms with E-state index in [1.54, 1.807) is 0 Å². The maximum atomic E-state index is 3.19. The molecule has 0 amide bonds. The summed E-state index contributed by atoms with van der Waals surface area (Å²) in [5.41, 5.74) is 5.58. The smallest absolute Gasteiger partial charge is 0.0237 e. The van der Waals surface area contributed by atoms with E-state index in [1.807, 2.05) is 18.8 Å². The lowest BCUT2D eigenvalue weighted by Crippen LogP contribution is -2.04. The van der Waals surface area contributed by atoms with Gasteiger partial charge in [-0.2, -0.15) is 0 Å². The molecule has 2 aromatic carbocycles. The highest BCUT2D eigenvalue weighted by Crippen LogP contribution is 2.26. The van der Waals surface area contributed by atoms with Crippen LogP contribution in [0.3, 0.4) is 0 Å². The Morgan fingerprint density at radius 1 is 1.00 bits per heavy atom. The molecule has 1 N–H and O–H groups in total. The molecule has 1 nitrogen and oxygen atoms in total. The summed E-state index contributed by atoms with van der Waals surface area (Å²) in [4.78, 5) is 1.34. The zero-order valence-electron chi connectivity index (χ0n) is 11.9. The van der Waals surface area contributed by atoms with Gasteiger partial charge >= 0.3 is 0 Å². The monoisotopic (exact) mass is 271 g/mol. The first-order valence-corrected chi connectivity index (χ1v) is 7.60. The summed E-state index contributed by atoms with van der Waals surface area (Å²) in [7, 11) is 1.98. The second-order valence-corrected chi connectivity index (χ2v) is 5.89. The fraction of sp³-hybridized carbons (Fsp3) is 0.294. The van der Waals surface area contributed by atoms with Crippen molar-refractivity contribution >= 4 is 11.8 Å². The lowest BCUT2D eigenvalue weighted by molar-refractivity contribution is 0.815. The Morgan fingerprint density at radius 3 is 2.37 bits per heavy atom. The van der Waals surface area contributed by atoms with Crippen molar-refractivity contribution in [3.05, 3.63) is 64.7 Å². The third-order valence-corrected chi connectivity index (χ3v) is 4.33. The molecule has 0 bridgehead atoms. The molecular weight excluding hydrogens is 250 g/mol. The summed E-state index contributed by atoms with van der Waals surface area (Å²) in [5, 5.41) is 3.19. The topological polar surface area (TPSA) is 12.0 Å². The summed E-state index contributed by atoms with van der Waals surface area (Å²) >= 11 is 1.91. The molecule has 2 heteroatoms. The van der Waals surface area contributed by atoms with Crippen LogP contribution < -0.4 is 5.32 Å². The molecule has 0 aromatic heterocycles. The lowest BCUT2D eigenvalue weighted by Gasteiger charge is -2.10. The van der Waals surface area contributed by atoms with Gasteiger partial charge in [-0.15, -0.1) is 11.8 Å². The molecule has 0 fully saturated rings. The SMILES string of the molecule is CNCc1cccc(SCc2c(C)cccc2C)c1. The normalized spacial score (nSPS) is 10.7. The van der Waals surface area contributed by atoms with Gasteiger partial charge in [0.05, 0.1) is 0 Å². The number of hydrogen-bond acceptors (Lipinski definition) is 2. The van der Waals surface area contributed by atoms with Gasteiger partial charge in [-0.3, -0.25) is 0 Å². The highest BCUT2D eigenvalue weighted by molar-refractivity contribution is 7.98. The van der Waals surface area contributed by atoms with Crippen LogP contribution in [0.1, 0.15) is 22.3 Å². The number of benzene rings is 2. The van der Waals surface area contributed by atoms with E-state index in [2.05, 4.69) is 61.6 Å². The molecule has 2 aromatic rings. The van der Waals surface area contributed by atoms with E-state index in [1.165, 1.54) is 27.1 Å². The van der Waals surface area contributed by atoms with Crippen LogP contribution in [0, 0.1) is 13.8 Å². The average molecular weight is 271 g/mol. The Morgan fingerprint density at radius 2 is 1.68 bits per heavy atom. The first kappa shape index (κ1) is 14.2. The summed E-state index contributed by atoms with van der Waals surface area (Å²) in [6.07, 6.45) is 0. The minimum absolute atomic E-state index is 0.928. The van der Waals surface area contributed by atoms with Crippen LogP contribution in [0.2, 0.25) is 0 Å². The molecule has 0 saturated carbocycles. The van der Waals surface area contributed by atoms with Crippen LogP contribution in [0.4, 0.5) is 0 Å². The van der Waals surface area contributed by atoms with Gasteiger partial charge in [0, 0.05) is 17.2 Å². The third-order valence-electron chi connectivity index (χ3n) is 3.31. The van der Waals surface area contributed by atoms with Crippen molar-refractivity contribution in [2.24, 2.45) is 0 Å². The highest BCUT2D eigenvalue weighted by atomic mass is 32.2. The summed E-state index contributed by atoms with van der Waals surface area (Å²) in [5.74, 6) is 1.04. The van der Waals surface area contributed by atoms with Crippen LogP contribution in [0.5, 0.6) is 0 Å². The first-order chi connectivity index (χ1) is 9.20. The zero-order chi connectivity index (χ0) is 13.7. The molecule has 0 atom stereocenters. The predicted octanol–water partition coefficient (Wildman–Crippen LogP) is 4.32. The molecule has 0 aliphatic carbocycles. The summed E-state index contributed by atoms with van der Waals surface area (Å²) in [6.45, 7) is 5.32. The molecule has 2 rings (SSSR count). The summed E-state index contributed by atoms with van der Waals surface area (Å²) < 4.78 is 0. The number of aryl methyl sites for hydroxylation is 2. The van der Waals surface area contributed by atoms with E-state index in [-0.39, 0.29) is 0 Å². The number of thioether (sulfide) groups is 1. The van der Waals surface area contributed by atoms with E-state index in [0.29, 0.717) is 0 Å². The lowest BCUT2D eigenvalue weighted by atomic mass is 10.1. The van der Waals surface area contributed by atoms with Crippen LogP contribution in [0.25, 0.3) is 0 Å². The standard InChI is InChI=1S/C17H21NS/c1-13-6-4-7-14(2)17(13)12-19-16-9-5-8-15(10-16)11-18-3/h4-10,18H,11-12H2,1-3H3. The van der Waals surface area contributed by atoms with Crippen molar-refractivity contribution in [2.75, 3.05) is 7.05 Å². The maximum absolute atomic E-state index is 3.19. The molecule has 0 aliphatic rings. The van der Waals surface area contributed by atoms with Crippen molar-refractivity contribution in [2.45, 2.75) is 31.0 Å². The molecule has 100 valence electrons. The number of rotatable bonds is 5. The molecule has 0 spiro atoms. The zero-order valence-corrected chi connectivity index (χ0v) is 12.7. The second-order valence-electron chi connectivity index (χ2n) is 4.84. The second kappa shape index (κ2) is 6.78. The Bertz CT molecular complexity index is 528. The van der Waals surface area contributed by atoms with Crippen LogP contribution in [-0.4, -0.2) is 7.05 Å². The number of nitrogens with one attached hydrogen (secondary N) is 1. The predicted molar refractivity (Wildman–Crippen MR) is 84.7 cm³/mol. The van der Waals surface area contributed by atoms with Gasteiger partial charge in [-0.05, 0) is 55.3 Å². The third kappa shape index (κ3) is 3.85. The van der Waals surface area contributed by atoms with E-state index in [9.17, 15) is 0 Å². The minimum Gasteiger partial charge on any atom is -0.316 e. The van der Waals surface area contributed by atoms with Crippen LogP contribution in [0.15, 0.2) is 47.4 Å². The van der Waals surface area contributed by atoms with E-state index < -0.39 is 0 Å². The minimum atomic E-state index is 0.928. The van der Waals surface area contributed by atoms with Crippen molar-refractivity contribution in [1.82, 2.24) is 5.32 Å². The van der Waals surface area contributed by atoms with E-state index >= 15 is 0 Å². The summed E-state index contributed by atoms with van der Waals surface area (Å²) in [6, 6.07) is 15.3. The van der Waals surface area contributed by atoms with Crippen molar-refractivity contribution < 1.29 is 0 Å². The van der Waals surface area contributed by atoms with Gasteiger partial charge in [0.25, 0.3) is 0 Å². The molecule has 0 heterocycles. The van der Waals surface area contributed by atoms with Gasteiger partial charge in [0.15, 0.2) is 0 Å². The van der Waals surface area contributed by atoms with Crippen LogP contribution >= 0.6 is 11.8 Å². The number of hydrogen-bond donors (Lipinski definition) is 1. The Hall–Kier alpha value is -1.25. The molecule has 0 saturated heterocycles. The van der Waals surface area contributed by atoms with Gasteiger partial charge < -0.3 is 5.32 Å². The van der Waals surface area contributed by atoms with Gasteiger partial charge in [-0.25, -0.2) is 0 Å². The van der Waals surface area contributed by atoms with Crippen molar-refractivity contribution in [3.8, 4) is 0 Å². The molecular formula is C17H21NS. The van der Waals surface area contributed by atoms with E-state index in [0.717, 1.165) is 12.3 Å². The van der Waals surface area contributed by atoms with Gasteiger partial charge in [0.2, 0.25) is 0 Å². The van der Waals surface area contributed by atoms with Gasteiger partial charge in [-0.1, -0.05) is 30.3 Å². The Kier molecular flexibility index (Phi) is 5.06. The largest absolute Gasteiger partial charge is 0.316 e. The molecule has 0 unspecified atom stereocenters. The quantitative estimate of drug-likeness (QED) is 0.813. The van der Waals surface area contributed by atoms with E-state index in [4.69, 9.17) is 0 Å². The Labute approximate surface area is 120 Å². The molecule has 0 aliphatic heterocycles.